The number of nitriles is 1. The van der Waals surface area contributed by atoms with Crippen LogP contribution < -0.4 is 5.32 Å². The van der Waals surface area contributed by atoms with Crippen LogP contribution in [0.15, 0.2) is 23.5 Å². The Morgan fingerprint density at radius 1 is 1.03 bits per heavy atom. The van der Waals surface area contributed by atoms with Gasteiger partial charge >= 0.3 is 17.9 Å². The molecule has 5 atom stereocenters. The van der Waals surface area contributed by atoms with Crippen LogP contribution in [0.3, 0.4) is 0 Å². The molecule has 1 aliphatic carbocycles. The van der Waals surface area contributed by atoms with Gasteiger partial charge in [0.05, 0.1) is 6.07 Å². The molecule has 0 aromatic carbocycles. The molecular weight excluding hydrogens is 424 g/mol. The SMILES string of the molecule is CC(=O)NC1C(OC(C)=O)[C@H](OC(C)=O)C(COC(C)=O)O[C@H]1OC1=CC=C(C#N)CC1. The molecule has 1 fully saturated rings. The van der Waals surface area contributed by atoms with E-state index in [-0.39, 0.29) is 6.61 Å². The van der Waals surface area contributed by atoms with E-state index in [1.807, 2.05) is 0 Å². The highest BCUT2D eigenvalue weighted by atomic mass is 16.7. The van der Waals surface area contributed by atoms with Gasteiger partial charge in [-0.1, -0.05) is 0 Å². The monoisotopic (exact) mass is 450 g/mol. The average molecular weight is 450 g/mol. The topological polar surface area (TPSA) is 150 Å². The zero-order valence-corrected chi connectivity index (χ0v) is 18.3. The fraction of sp³-hybridized carbons (Fsp3) is 0.571. The molecule has 0 bridgehead atoms. The molecule has 0 saturated carbocycles. The molecule has 11 nitrogen and oxygen atoms in total. The Balaban J connectivity index is 2.41. The third kappa shape index (κ3) is 7.09. The number of amides is 1. The van der Waals surface area contributed by atoms with Crippen LogP contribution in [0.1, 0.15) is 40.5 Å². The van der Waals surface area contributed by atoms with Gasteiger partial charge in [-0.3, -0.25) is 19.2 Å². The van der Waals surface area contributed by atoms with E-state index in [0.717, 1.165) is 6.92 Å². The Labute approximate surface area is 185 Å². The van der Waals surface area contributed by atoms with Gasteiger partial charge in [-0.15, -0.1) is 0 Å². The number of nitrogens with one attached hydrogen (secondary N) is 1. The van der Waals surface area contributed by atoms with Gasteiger partial charge in [-0.2, -0.15) is 5.26 Å². The van der Waals surface area contributed by atoms with Gasteiger partial charge in [-0.25, -0.2) is 0 Å². The van der Waals surface area contributed by atoms with E-state index in [1.54, 1.807) is 12.2 Å². The largest absolute Gasteiger partial charge is 0.467 e. The summed E-state index contributed by atoms with van der Waals surface area (Å²) < 4.78 is 27.6. The van der Waals surface area contributed by atoms with Crippen molar-refractivity contribution in [1.29, 1.82) is 5.26 Å². The van der Waals surface area contributed by atoms with Crippen LogP contribution in [0, 0.1) is 11.3 Å². The summed E-state index contributed by atoms with van der Waals surface area (Å²) in [5.41, 5.74) is 0.584. The minimum absolute atomic E-state index is 0.310. The molecule has 3 unspecified atom stereocenters. The van der Waals surface area contributed by atoms with Crippen LogP contribution in [0.4, 0.5) is 0 Å². The molecular formula is C21H26N2O9. The fourth-order valence-electron chi connectivity index (χ4n) is 3.35. The highest BCUT2D eigenvalue weighted by Crippen LogP contribution is 2.30. The molecule has 2 rings (SSSR count). The highest BCUT2D eigenvalue weighted by Gasteiger charge is 2.52. The second-order valence-electron chi connectivity index (χ2n) is 7.27. The van der Waals surface area contributed by atoms with Gasteiger partial charge in [0.15, 0.2) is 12.2 Å². The lowest BCUT2D eigenvalue weighted by Crippen LogP contribution is -2.66. The predicted molar refractivity (Wildman–Crippen MR) is 106 cm³/mol. The van der Waals surface area contributed by atoms with Gasteiger partial charge in [0, 0.05) is 39.7 Å². The van der Waals surface area contributed by atoms with Gasteiger partial charge in [0.2, 0.25) is 12.2 Å². The molecule has 1 amide bonds. The Kier molecular flexibility index (Phi) is 8.78. The molecule has 0 aromatic rings. The van der Waals surface area contributed by atoms with Crippen molar-refractivity contribution in [3.63, 3.8) is 0 Å². The van der Waals surface area contributed by atoms with E-state index in [0.29, 0.717) is 24.2 Å². The molecule has 1 N–H and O–H groups in total. The van der Waals surface area contributed by atoms with Gasteiger partial charge in [0.1, 0.15) is 24.5 Å². The summed E-state index contributed by atoms with van der Waals surface area (Å²) in [6.07, 6.45) is -0.498. The Morgan fingerprint density at radius 2 is 1.69 bits per heavy atom. The first-order chi connectivity index (χ1) is 15.1. The Morgan fingerprint density at radius 3 is 2.19 bits per heavy atom. The summed E-state index contributed by atoms with van der Waals surface area (Å²) in [6, 6.07) is 1.02. The third-order valence-electron chi connectivity index (χ3n) is 4.59. The van der Waals surface area contributed by atoms with Crippen LogP contribution in [-0.2, 0) is 42.9 Å². The number of hydrogen-bond donors (Lipinski definition) is 1. The average Bonchev–Trinajstić information content (AvgIpc) is 2.70. The molecule has 32 heavy (non-hydrogen) atoms. The van der Waals surface area contributed by atoms with E-state index in [4.69, 9.17) is 28.9 Å². The number of allylic oxidation sites excluding steroid dienone is 4. The smallest absolute Gasteiger partial charge is 0.303 e. The first-order valence-electron chi connectivity index (χ1n) is 9.97. The van der Waals surface area contributed by atoms with Crippen molar-refractivity contribution in [3.8, 4) is 6.07 Å². The maximum Gasteiger partial charge on any atom is 0.303 e. The molecule has 11 heteroatoms. The minimum atomic E-state index is -1.19. The van der Waals surface area contributed by atoms with E-state index < -0.39 is 54.5 Å². The highest BCUT2D eigenvalue weighted by molar-refractivity contribution is 5.73. The number of carbonyl (C=O) groups is 4. The number of carbonyl (C=O) groups excluding carboxylic acids is 4. The van der Waals surface area contributed by atoms with Gasteiger partial charge in [0.25, 0.3) is 0 Å². The summed E-state index contributed by atoms with van der Waals surface area (Å²) in [7, 11) is 0. The lowest BCUT2D eigenvalue weighted by Gasteiger charge is -2.45. The lowest BCUT2D eigenvalue weighted by molar-refractivity contribution is -0.269. The number of hydrogen-bond acceptors (Lipinski definition) is 10. The zero-order chi connectivity index (χ0) is 23.8. The van der Waals surface area contributed by atoms with Crippen molar-refractivity contribution in [3.05, 3.63) is 23.5 Å². The molecule has 0 spiro atoms. The van der Waals surface area contributed by atoms with Crippen LogP contribution in [0.2, 0.25) is 0 Å². The normalized spacial score (nSPS) is 27.0. The van der Waals surface area contributed by atoms with Crippen LogP contribution in [0.5, 0.6) is 0 Å². The number of ether oxygens (including phenoxy) is 5. The van der Waals surface area contributed by atoms with Crippen molar-refractivity contribution in [2.45, 2.75) is 71.2 Å². The second-order valence-corrected chi connectivity index (χ2v) is 7.27. The maximum atomic E-state index is 11.9. The van der Waals surface area contributed by atoms with E-state index >= 15 is 0 Å². The Bertz CT molecular complexity index is 858. The zero-order valence-electron chi connectivity index (χ0n) is 18.3. The van der Waals surface area contributed by atoms with E-state index in [2.05, 4.69) is 11.4 Å². The predicted octanol–water partition coefficient (Wildman–Crippen LogP) is 0.787. The second kappa shape index (κ2) is 11.3. The molecule has 1 heterocycles. The summed E-state index contributed by atoms with van der Waals surface area (Å²) in [6.45, 7) is 4.48. The number of nitrogens with zero attached hydrogens (tertiary/aromatic N) is 1. The summed E-state index contributed by atoms with van der Waals surface area (Å²) in [5.74, 6) is -1.96. The first kappa shape index (κ1) is 24.9. The quantitative estimate of drug-likeness (QED) is 0.435. The number of rotatable bonds is 7. The summed E-state index contributed by atoms with van der Waals surface area (Å²) in [5, 5.41) is 11.6. The molecule has 1 aliphatic heterocycles. The van der Waals surface area contributed by atoms with Crippen molar-refractivity contribution in [2.75, 3.05) is 6.61 Å². The first-order valence-corrected chi connectivity index (χ1v) is 9.97. The minimum Gasteiger partial charge on any atom is -0.467 e. The summed E-state index contributed by atoms with van der Waals surface area (Å²) in [4.78, 5) is 46.8. The maximum absolute atomic E-state index is 11.9. The van der Waals surface area contributed by atoms with E-state index in [9.17, 15) is 19.2 Å². The van der Waals surface area contributed by atoms with Crippen molar-refractivity contribution in [2.24, 2.45) is 0 Å². The van der Waals surface area contributed by atoms with Crippen LogP contribution in [0.25, 0.3) is 0 Å². The van der Waals surface area contributed by atoms with Crippen molar-refractivity contribution < 1.29 is 42.9 Å². The standard InChI is InChI=1S/C21H26N2O9/c1-11(24)23-18-20(30-14(4)27)19(29-13(3)26)17(10-28-12(2)25)32-21(18)31-16-7-5-15(9-22)6-8-16/h5,7,17-21H,6,8,10H2,1-4H3,(H,23,24)/t17?,18?,19-,20?,21-/m1/s1. The molecule has 2 aliphatic rings. The lowest BCUT2D eigenvalue weighted by atomic mass is 9.95. The Hall–Kier alpha value is -3.39. The van der Waals surface area contributed by atoms with Crippen LogP contribution in [-0.4, -0.2) is 61.1 Å². The fourth-order valence-corrected chi connectivity index (χ4v) is 3.35. The van der Waals surface area contributed by atoms with E-state index in [1.165, 1.54) is 20.8 Å². The molecule has 0 radical (unpaired) electrons. The third-order valence-corrected chi connectivity index (χ3v) is 4.59. The van der Waals surface area contributed by atoms with Gasteiger partial charge < -0.3 is 29.0 Å². The van der Waals surface area contributed by atoms with Crippen molar-refractivity contribution in [1.82, 2.24) is 5.32 Å². The summed E-state index contributed by atoms with van der Waals surface area (Å²) >= 11 is 0. The van der Waals surface area contributed by atoms with Crippen LogP contribution >= 0.6 is 0 Å². The van der Waals surface area contributed by atoms with Gasteiger partial charge in [-0.05, 0) is 18.6 Å². The molecule has 0 aromatic heterocycles. The molecule has 1 saturated heterocycles. The molecule has 174 valence electrons. The van der Waals surface area contributed by atoms with Crippen molar-refractivity contribution >= 4 is 23.8 Å². The number of esters is 3.